The number of ether oxygens (including phenoxy) is 3. The predicted molar refractivity (Wildman–Crippen MR) is 313 cm³/mol. The van der Waals surface area contributed by atoms with E-state index in [0.717, 1.165) is 110 Å². The van der Waals surface area contributed by atoms with E-state index in [4.69, 9.17) is 34.4 Å². The van der Waals surface area contributed by atoms with Crippen LogP contribution in [0.3, 0.4) is 0 Å². The van der Waals surface area contributed by atoms with Crippen LogP contribution >= 0.6 is 0 Å². The molecule has 0 radical (unpaired) electrons. The average molecular weight is 1100 g/mol. The number of halogens is 1. The molecule has 1 aliphatic heterocycles. The van der Waals surface area contributed by atoms with E-state index in [0.29, 0.717) is 62.9 Å². The van der Waals surface area contributed by atoms with Crippen LogP contribution in [0.25, 0.3) is 44.6 Å². The average Bonchev–Trinajstić information content (AvgIpc) is 4.32. The number of pyridine rings is 4. The van der Waals surface area contributed by atoms with Crippen molar-refractivity contribution < 1.29 is 23.7 Å². The molecule has 19 heteroatoms. The minimum Gasteiger partial charge on any atom is -0.497 e. The topological polar surface area (TPSA) is 177 Å². The number of aryl methyl sites for hydroxylation is 4. The first-order chi connectivity index (χ1) is 39.4. The van der Waals surface area contributed by atoms with Crippen molar-refractivity contribution in [2.45, 2.75) is 119 Å². The SMILES string of the molecule is COc1ccc(CN(Cc2ccnn2CCCCO)c2cc(-c3cccnc3F)nc3c(C)nn(C(C)C)c23)cc1.COc1ccc(CN2Cc3ccnn3CCCCOc3ncccc3-c3cc2c2c(n3)c(C)nn2C(C)C)cc1. The van der Waals surface area contributed by atoms with Crippen LogP contribution in [-0.2, 0) is 39.3 Å². The third-order valence-electron chi connectivity index (χ3n) is 14.5. The first kappa shape index (κ1) is 55.6. The van der Waals surface area contributed by atoms with Crippen molar-refractivity contribution in [3.63, 3.8) is 0 Å². The highest BCUT2D eigenvalue weighted by atomic mass is 19.1. The van der Waals surface area contributed by atoms with Crippen LogP contribution in [0.15, 0.2) is 122 Å². The summed E-state index contributed by atoms with van der Waals surface area (Å²) in [7, 11) is 3.35. The Kier molecular flexibility index (Phi) is 17.3. The Bertz CT molecular complexity index is 3720. The number of unbranched alkanes of at least 4 members (excludes halogenated alkanes) is 1. The van der Waals surface area contributed by atoms with E-state index in [-0.39, 0.29) is 18.7 Å². The second kappa shape index (κ2) is 25.2. The van der Waals surface area contributed by atoms with Gasteiger partial charge in [0.05, 0.1) is 90.6 Å². The van der Waals surface area contributed by atoms with Crippen molar-refractivity contribution in [2.75, 3.05) is 37.2 Å². The number of hydrogen-bond acceptors (Lipinski definition) is 14. The predicted octanol–water partition coefficient (Wildman–Crippen LogP) is 11.7. The molecule has 1 aliphatic rings. The van der Waals surface area contributed by atoms with Gasteiger partial charge in [0.25, 0.3) is 0 Å². The van der Waals surface area contributed by atoms with Gasteiger partial charge in [0.1, 0.15) is 33.6 Å². The van der Waals surface area contributed by atoms with Gasteiger partial charge < -0.3 is 29.1 Å². The third kappa shape index (κ3) is 12.4. The van der Waals surface area contributed by atoms with Gasteiger partial charge in [0, 0.05) is 69.7 Å². The fourth-order valence-electron chi connectivity index (χ4n) is 10.4. The van der Waals surface area contributed by atoms with Gasteiger partial charge in [-0.1, -0.05) is 24.3 Å². The number of benzene rings is 2. The Morgan fingerprint density at radius 2 is 1.33 bits per heavy atom. The van der Waals surface area contributed by atoms with Gasteiger partial charge >= 0.3 is 0 Å². The number of rotatable bonds is 16. The normalized spacial score (nSPS) is 12.7. The molecule has 0 amide bonds. The van der Waals surface area contributed by atoms with Gasteiger partial charge in [-0.15, -0.1) is 0 Å². The second-order valence-electron chi connectivity index (χ2n) is 20.9. The highest BCUT2D eigenvalue weighted by Crippen LogP contribution is 2.39. The van der Waals surface area contributed by atoms with Crippen LogP contribution in [0.4, 0.5) is 15.8 Å². The highest BCUT2D eigenvalue weighted by Gasteiger charge is 2.26. The van der Waals surface area contributed by atoms with Crippen LogP contribution in [-0.4, -0.2) is 91.6 Å². The molecule has 11 rings (SSSR count). The van der Waals surface area contributed by atoms with E-state index in [1.54, 1.807) is 38.7 Å². The van der Waals surface area contributed by atoms with E-state index in [1.807, 2.05) is 77.9 Å². The first-order valence-electron chi connectivity index (χ1n) is 27.8. The molecule has 81 heavy (non-hydrogen) atoms. The number of methoxy groups -OCH3 is 2. The summed E-state index contributed by atoms with van der Waals surface area (Å²) in [4.78, 5) is 23.2. The lowest BCUT2D eigenvalue weighted by molar-refractivity contribution is 0.279. The van der Waals surface area contributed by atoms with Crippen LogP contribution in [0, 0.1) is 19.8 Å². The van der Waals surface area contributed by atoms with Gasteiger partial charge in [0.2, 0.25) is 11.8 Å². The van der Waals surface area contributed by atoms with Gasteiger partial charge in [0.15, 0.2) is 0 Å². The summed E-state index contributed by atoms with van der Waals surface area (Å²) < 4.78 is 40.1. The van der Waals surface area contributed by atoms with Crippen molar-refractivity contribution in [1.29, 1.82) is 0 Å². The summed E-state index contributed by atoms with van der Waals surface area (Å²) in [6.07, 6.45) is 10.3. The summed E-state index contributed by atoms with van der Waals surface area (Å²) in [6.45, 7) is 17.2. The third-order valence-corrected chi connectivity index (χ3v) is 14.5. The van der Waals surface area contributed by atoms with Crippen molar-refractivity contribution >= 4 is 33.4 Å². The molecular weight excluding hydrogens is 1020 g/mol. The van der Waals surface area contributed by atoms with Crippen molar-refractivity contribution in [2.24, 2.45) is 0 Å². The zero-order chi connectivity index (χ0) is 56.6. The zero-order valence-electron chi connectivity index (χ0n) is 47.5. The molecule has 0 saturated carbocycles. The van der Waals surface area contributed by atoms with Gasteiger partial charge in [-0.2, -0.15) is 24.8 Å². The van der Waals surface area contributed by atoms with Crippen LogP contribution in [0.1, 0.15) is 99.4 Å². The number of anilines is 2. The molecule has 2 bridgehead atoms. The van der Waals surface area contributed by atoms with Crippen molar-refractivity contribution in [1.82, 2.24) is 59.1 Å². The van der Waals surface area contributed by atoms with E-state index in [2.05, 4.69) is 103 Å². The van der Waals surface area contributed by atoms with E-state index in [9.17, 15) is 9.50 Å². The fraction of sp³-hybridized carbons (Fsp3) is 0.355. The molecule has 1 N–H and O–H groups in total. The van der Waals surface area contributed by atoms with Gasteiger partial charge in [-0.05, 0) is 151 Å². The molecule has 9 heterocycles. The molecule has 18 nitrogen and oxygen atoms in total. The Morgan fingerprint density at radius 3 is 2.01 bits per heavy atom. The lowest BCUT2D eigenvalue weighted by Crippen LogP contribution is -2.25. The van der Waals surface area contributed by atoms with Crippen molar-refractivity contribution in [3.8, 4) is 39.9 Å². The smallest absolute Gasteiger partial charge is 0.222 e. The summed E-state index contributed by atoms with van der Waals surface area (Å²) in [5.41, 5.74) is 14.2. The number of aromatic nitrogens is 12. The quantitative estimate of drug-likeness (QED) is 0.0714. The molecule has 8 aromatic heterocycles. The monoisotopic (exact) mass is 1090 g/mol. The Labute approximate surface area is 471 Å². The molecule has 0 saturated heterocycles. The van der Waals surface area contributed by atoms with E-state index >= 15 is 0 Å². The molecule has 0 atom stereocenters. The lowest BCUT2D eigenvalue weighted by Gasteiger charge is -2.28. The maximum Gasteiger partial charge on any atom is 0.222 e. The molecule has 10 aromatic rings. The van der Waals surface area contributed by atoms with Crippen LogP contribution in [0.5, 0.6) is 17.4 Å². The molecular formula is C62H71FN14O4. The molecule has 0 aliphatic carbocycles. The summed E-state index contributed by atoms with van der Waals surface area (Å²) in [6, 6.07) is 32.2. The largest absolute Gasteiger partial charge is 0.497 e. The summed E-state index contributed by atoms with van der Waals surface area (Å²) in [5.74, 6) is 1.67. The minimum atomic E-state index is -0.567. The first-order valence-corrected chi connectivity index (χ1v) is 27.8. The molecule has 0 spiro atoms. The number of fused-ring (bicyclic) bond motifs is 8. The number of nitrogens with zero attached hydrogens (tertiary/aromatic N) is 14. The maximum absolute atomic E-state index is 14.9. The molecule has 420 valence electrons. The second-order valence-corrected chi connectivity index (χ2v) is 20.9. The van der Waals surface area contributed by atoms with E-state index in [1.165, 1.54) is 11.8 Å². The summed E-state index contributed by atoms with van der Waals surface area (Å²) in [5, 5.41) is 28.3. The lowest BCUT2D eigenvalue weighted by atomic mass is 10.1. The van der Waals surface area contributed by atoms with Gasteiger partial charge in [-0.3, -0.25) is 18.7 Å². The zero-order valence-corrected chi connectivity index (χ0v) is 47.5. The highest BCUT2D eigenvalue weighted by molar-refractivity contribution is 5.94. The molecule has 0 fully saturated rings. The van der Waals surface area contributed by atoms with Crippen molar-refractivity contribution in [3.05, 3.63) is 162 Å². The van der Waals surface area contributed by atoms with E-state index < -0.39 is 5.95 Å². The fourth-order valence-corrected chi connectivity index (χ4v) is 10.4. The minimum absolute atomic E-state index is 0.0829. The Hall–Kier alpha value is -8.71. The number of aliphatic hydroxyl groups is 1. The summed E-state index contributed by atoms with van der Waals surface area (Å²) >= 11 is 0. The Morgan fingerprint density at radius 1 is 0.691 bits per heavy atom. The molecule has 2 aromatic carbocycles. The number of aliphatic hydroxyl groups excluding tert-OH is 1. The van der Waals surface area contributed by atoms with Crippen LogP contribution < -0.4 is 24.0 Å². The maximum atomic E-state index is 14.9. The molecule has 0 unspecified atom stereocenters. The standard InChI is InChI=1S/C31H36FN7O2.C31H35N7O2/c1-21(2)39-30-28(18-27(35-29(30)22(3)36-39)26-8-7-14-33-31(26)32)37(19-23-9-11-25(41-4)12-10-23)20-24-13-15-34-38(24)16-5-6-17-40;1-21(2)38-30-28-18-27(34-29(30)22(3)35-38)26-8-7-14-32-31(26)40-17-6-5-16-37-24(13-15-33-37)20-36(28)19-23-9-11-25(39-4)12-10-23/h7-15,18,21,40H,5-6,16-17,19-20H2,1-4H3;7-15,18,21H,5-6,16-17,19-20H2,1-4H3. The van der Waals surface area contributed by atoms with Gasteiger partial charge in [-0.25, -0.2) is 19.9 Å². The Balaban J connectivity index is 0.000000182. The van der Waals surface area contributed by atoms with Crippen LogP contribution in [0.2, 0.25) is 0 Å². The number of hydrogen-bond donors (Lipinski definition) is 1.